The number of hydrogen-bond acceptors (Lipinski definition) is 3. The fraction of sp³-hybridized carbons (Fsp3) is 0.812. The van der Waals surface area contributed by atoms with Crippen LogP contribution in [-0.4, -0.2) is 22.3 Å². The van der Waals surface area contributed by atoms with Gasteiger partial charge in [0, 0.05) is 0 Å². The van der Waals surface area contributed by atoms with E-state index in [1.165, 1.54) is 4.90 Å². The molecule has 2 amide bonds. The van der Waals surface area contributed by atoms with Gasteiger partial charge in [-0.2, -0.15) is 5.26 Å². The Kier molecular flexibility index (Phi) is 2.77. The number of imide groups is 1. The van der Waals surface area contributed by atoms with Crippen LogP contribution >= 0.6 is 0 Å². The minimum Gasteiger partial charge on any atom is -0.274 e. The van der Waals surface area contributed by atoms with Gasteiger partial charge < -0.3 is 0 Å². The first kappa shape index (κ1) is 13.6. The molecule has 2 aliphatic carbocycles. The van der Waals surface area contributed by atoms with Crippen LogP contribution in [0.25, 0.3) is 0 Å². The molecule has 0 spiro atoms. The Hall–Kier alpha value is -1.37. The lowest BCUT2D eigenvalue weighted by molar-refractivity contribution is -0.149. The summed E-state index contributed by atoms with van der Waals surface area (Å²) >= 11 is 0. The van der Waals surface area contributed by atoms with Gasteiger partial charge in [0.25, 0.3) is 0 Å². The number of carbonyl (C=O) groups is 2. The van der Waals surface area contributed by atoms with Gasteiger partial charge in [0.2, 0.25) is 11.8 Å². The fourth-order valence-electron chi connectivity index (χ4n) is 4.32. The molecular weight excluding hydrogens is 252 g/mol. The van der Waals surface area contributed by atoms with E-state index in [2.05, 4.69) is 13.0 Å². The molecule has 2 atom stereocenters. The van der Waals surface area contributed by atoms with Crippen LogP contribution in [0.3, 0.4) is 0 Å². The molecule has 3 fully saturated rings. The number of rotatable bonds is 2. The van der Waals surface area contributed by atoms with Crippen LogP contribution in [0, 0.1) is 34.5 Å². The molecule has 4 nitrogen and oxygen atoms in total. The Morgan fingerprint density at radius 2 is 1.70 bits per heavy atom. The third-order valence-electron chi connectivity index (χ3n) is 5.95. The minimum absolute atomic E-state index is 0.0958. The van der Waals surface area contributed by atoms with Gasteiger partial charge in [-0.05, 0) is 37.0 Å². The lowest BCUT2D eigenvalue weighted by atomic mass is 9.75. The standard InChI is InChI=1S/C16H22N2O2/c1-4-10-5-7-16(9-17,8-6-10)18-13(19)11-12(14(18)20)15(11,2)3/h10-12H,4-8H2,1-3H3. The summed E-state index contributed by atoms with van der Waals surface area (Å²) in [6.45, 7) is 6.11. The second-order valence-corrected chi connectivity index (χ2v) is 7.28. The largest absolute Gasteiger partial charge is 0.274 e. The van der Waals surface area contributed by atoms with E-state index in [-0.39, 0.29) is 29.1 Å². The molecule has 3 aliphatic rings. The number of hydrogen-bond donors (Lipinski definition) is 0. The van der Waals surface area contributed by atoms with Gasteiger partial charge in [-0.15, -0.1) is 0 Å². The molecule has 0 aromatic carbocycles. The molecule has 0 aromatic heterocycles. The van der Waals surface area contributed by atoms with E-state index in [0.717, 1.165) is 19.3 Å². The first-order valence-corrected chi connectivity index (χ1v) is 7.68. The molecule has 3 rings (SSSR count). The van der Waals surface area contributed by atoms with Crippen molar-refractivity contribution >= 4 is 11.8 Å². The maximum Gasteiger partial charge on any atom is 0.235 e. The van der Waals surface area contributed by atoms with Crippen LogP contribution in [-0.2, 0) is 9.59 Å². The summed E-state index contributed by atoms with van der Waals surface area (Å²) in [6, 6.07) is 2.32. The van der Waals surface area contributed by atoms with Crippen LogP contribution in [0.15, 0.2) is 0 Å². The highest BCUT2D eigenvalue weighted by atomic mass is 16.2. The molecular formula is C16H22N2O2. The zero-order valence-electron chi connectivity index (χ0n) is 12.5. The molecule has 20 heavy (non-hydrogen) atoms. The highest BCUT2D eigenvalue weighted by molar-refractivity contribution is 6.11. The van der Waals surface area contributed by atoms with E-state index >= 15 is 0 Å². The smallest absolute Gasteiger partial charge is 0.235 e. The zero-order chi connectivity index (χ0) is 14.7. The summed E-state index contributed by atoms with van der Waals surface area (Å²) in [5, 5.41) is 9.63. The van der Waals surface area contributed by atoms with Crippen molar-refractivity contribution in [3.8, 4) is 6.07 Å². The van der Waals surface area contributed by atoms with Gasteiger partial charge in [-0.3, -0.25) is 14.5 Å². The molecule has 0 radical (unpaired) electrons. The molecule has 2 saturated carbocycles. The zero-order valence-corrected chi connectivity index (χ0v) is 12.5. The summed E-state index contributed by atoms with van der Waals surface area (Å²) in [4.78, 5) is 26.4. The van der Waals surface area contributed by atoms with Gasteiger partial charge in [0.1, 0.15) is 5.54 Å². The predicted molar refractivity (Wildman–Crippen MR) is 73.2 cm³/mol. The van der Waals surface area contributed by atoms with Gasteiger partial charge >= 0.3 is 0 Å². The third-order valence-corrected chi connectivity index (χ3v) is 5.95. The monoisotopic (exact) mass is 274 g/mol. The molecule has 2 unspecified atom stereocenters. The minimum atomic E-state index is -0.858. The van der Waals surface area contributed by atoms with Crippen LogP contribution in [0.1, 0.15) is 52.9 Å². The second-order valence-electron chi connectivity index (χ2n) is 7.28. The normalized spacial score (nSPS) is 42.3. The number of likely N-dealkylation sites (tertiary alicyclic amines) is 1. The van der Waals surface area contributed by atoms with Crippen molar-refractivity contribution in [1.82, 2.24) is 4.90 Å². The molecule has 1 aliphatic heterocycles. The number of fused-ring (bicyclic) bond motifs is 1. The molecule has 108 valence electrons. The Morgan fingerprint density at radius 1 is 1.20 bits per heavy atom. The average molecular weight is 274 g/mol. The van der Waals surface area contributed by atoms with Gasteiger partial charge in [0.05, 0.1) is 17.9 Å². The highest BCUT2D eigenvalue weighted by Crippen LogP contribution is 2.64. The molecule has 1 heterocycles. The maximum absolute atomic E-state index is 12.5. The van der Waals surface area contributed by atoms with Gasteiger partial charge in [-0.25, -0.2) is 0 Å². The molecule has 0 bridgehead atoms. The van der Waals surface area contributed by atoms with E-state index < -0.39 is 5.54 Å². The summed E-state index contributed by atoms with van der Waals surface area (Å²) in [5.41, 5.74) is -1.05. The quantitative estimate of drug-likeness (QED) is 0.727. The van der Waals surface area contributed by atoms with E-state index in [1.54, 1.807) is 0 Å². The lowest BCUT2D eigenvalue weighted by Gasteiger charge is -2.41. The van der Waals surface area contributed by atoms with Crippen LogP contribution < -0.4 is 0 Å². The Bertz CT molecular complexity index is 485. The van der Waals surface area contributed by atoms with E-state index in [1.807, 2.05) is 13.8 Å². The molecule has 0 N–H and O–H groups in total. The number of nitrogens with zero attached hydrogens (tertiary/aromatic N) is 2. The van der Waals surface area contributed by atoms with Crippen molar-refractivity contribution in [2.75, 3.05) is 0 Å². The first-order chi connectivity index (χ1) is 9.39. The average Bonchev–Trinajstić information content (AvgIpc) is 2.89. The van der Waals surface area contributed by atoms with Crippen molar-refractivity contribution in [1.29, 1.82) is 5.26 Å². The first-order valence-electron chi connectivity index (χ1n) is 7.68. The van der Waals surface area contributed by atoms with Crippen molar-refractivity contribution < 1.29 is 9.59 Å². The third kappa shape index (κ3) is 1.52. The summed E-state index contributed by atoms with van der Waals surface area (Å²) in [6.07, 6.45) is 4.31. The van der Waals surface area contributed by atoms with Gasteiger partial charge in [-0.1, -0.05) is 27.2 Å². The molecule has 1 saturated heterocycles. The number of carbonyl (C=O) groups excluding carboxylic acids is 2. The second kappa shape index (κ2) is 4.07. The summed E-state index contributed by atoms with van der Waals surface area (Å²) in [7, 11) is 0. The Balaban J connectivity index is 1.85. The van der Waals surface area contributed by atoms with Gasteiger partial charge in [0.15, 0.2) is 0 Å². The van der Waals surface area contributed by atoms with E-state index in [0.29, 0.717) is 18.8 Å². The maximum atomic E-state index is 12.5. The number of amides is 2. The van der Waals surface area contributed by atoms with Crippen molar-refractivity contribution in [2.45, 2.75) is 58.4 Å². The van der Waals surface area contributed by atoms with E-state index in [9.17, 15) is 14.9 Å². The predicted octanol–water partition coefficient (Wildman–Crippen LogP) is 2.49. The van der Waals surface area contributed by atoms with Crippen molar-refractivity contribution in [3.63, 3.8) is 0 Å². The van der Waals surface area contributed by atoms with Crippen LogP contribution in [0.4, 0.5) is 0 Å². The lowest BCUT2D eigenvalue weighted by Crippen LogP contribution is -2.55. The fourth-order valence-corrected chi connectivity index (χ4v) is 4.32. The summed E-state index contributed by atoms with van der Waals surface area (Å²) < 4.78 is 0. The Morgan fingerprint density at radius 3 is 2.10 bits per heavy atom. The summed E-state index contributed by atoms with van der Waals surface area (Å²) in [5.74, 6) is 0.0894. The van der Waals surface area contributed by atoms with Crippen molar-refractivity contribution in [2.24, 2.45) is 23.2 Å². The number of piperidine rings is 1. The molecule has 4 heteroatoms. The van der Waals surface area contributed by atoms with Crippen LogP contribution in [0.5, 0.6) is 0 Å². The SMILES string of the molecule is CCC1CCC(C#N)(N2C(=O)C3C(C2=O)C3(C)C)CC1. The topological polar surface area (TPSA) is 61.2 Å². The Labute approximate surface area is 120 Å². The van der Waals surface area contributed by atoms with Crippen LogP contribution in [0.2, 0.25) is 0 Å². The number of nitriles is 1. The molecule has 0 aromatic rings. The van der Waals surface area contributed by atoms with Crippen molar-refractivity contribution in [3.05, 3.63) is 0 Å². The van der Waals surface area contributed by atoms with E-state index in [4.69, 9.17) is 0 Å². The highest BCUT2D eigenvalue weighted by Gasteiger charge is 2.74.